The highest BCUT2D eigenvalue weighted by atomic mass is 32.2. The second-order valence-corrected chi connectivity index (χ2v) is 6.53. The van der Waals surface area contributed by atoms with E-state index in [2.05, 4.69) is 5.10 Å². The summed E-state index contributed by atoms with van der Waals surface area (Å²) >= 11 is 6.29. The van der Waals surface area contributed by atoms with Crippen molar-refractivity contribution in [2.75, 3.05) is 0 Å². The number of phenols is 2. The molecule has 0 spiro atoms. The molecule has 1 aliphatic rings. The van der Waals surface area contributed by atoms with Gasteiger partial charge in [-0.3, -0.25) is 4.79 Å². The fourth-order valence-electron chi connectivity index (χ4n) is 2.03. The van der Waals surface area contributed by atoms with Crippen LogP contribution in [0.5, 0.6) is 11.5 Å². The van der Waals surface area contributed by atoms with E-state index >= 15 is 0 Å². The first kappa shape index (κ1) is 16.2. The van der Waals surface area contributed by atoms with Gasteiger partial charge < -0.3 is 10.2 Å². The fraction of sp³-hybridized carbons (Fsp3) is 0. The van der Waals surface area contributed by atoms with Crippen molar-refractivity contribution in [1.82, 2.24) is 5.01 Å². The van der Waals surface area contributed by atoms with Crippen LogP contribution in [0.4, 0.5) is 0 Å². The maximum atomic E-state index is 12.4. The molecular weight excluding hydrogens is 344 g/mol. The molecule has 24 heavy (non-hydrogen) atoms. The van der Waals surface area contributed by atoms with E-state index in [0.29, 0.717) is 16.0 Å². The van der Waals surface area contributed by atoms with Crippen LogP contribution in [0.3, 0.4) is 0 Å². The molecule has 0 aromatic heterocycles. The highest BCUT2D eigenvalue weighted by Gasteiger charge is 2.32. The van der Waals surface area contributed by atoms with Gasteiger partial charge in [0.2, 0.25) is 0 Å². The molecule has 0 unspecified atom stereocenters. The summed E-state index contributed by atoms with van der Waals surface area (Å²) in [5.74, 6) is -0.225. The molecule has 0 radical (unpaired) electrons. The minimum Gasteiger partial charge on any atom is -0.507 e. The molecular formula is C17H12N2O3S2. The maximum Gasteiger partial charge on any atom is 0.286 e. The highest BCUT2D eigenvalue weighted by molar-refractivity contribution is 8.26. The Labute approximate surface area is 147 Å². The summed E-state index contributed by atoms with van der Waals surface area (Å²) < 4.78 is 0.286. The number of hydrogen-bond acceptors (Lipinski definition) is 6. The molecule has 0 bridgehead atoms. The number of thiocarbonyl (C=S) groups is 1. The molecule has 0 saturated carbocycles. The van der Waals surface area contributed by atoms with Gasteiger partial charge in [-0.05, 0) is 36.5 Å². The van der Waals surface area contributed by atoms with Crippen molar-refractivity contribution in [3.63, 3.8) is 0 Å². The summed E-state index contributed by atoms with van der Waals surface area (Å²) in [6.07, 6.45) is 2.95. The van der Waals surface area contributed by atoms with Crippen LogP contribution in [0.25, 0.3) is 6.08 Å². The lowest BCUT2D eigenvalue weighted by Crippen LogP contribution is -2.22. The lowest BCUT2D eigenvalue weighted by atomic mass is 10.2. The van der Waals surface area contributed by atoms with Gasteiger partial charge in [0.05, 0.1) is 11.1 Å². The minimum atomic E-state index is -0.375. The van der Waals surface area contributed by atoms with E-state index in [4.69, 9.17) is 12.2 Å². The molecule has 2 N–H and O–H groups in total. The van der Waals surface area contributed by atoms with Gasteiger partial charge >= 0.3 is 0 Å². The van der Waals surface area contributed by atoms with Gasteiger partial charge in [-0.15, -0.1) is 0 Å². The van der Waals surface area contributed by atoms with Crippen molar-refractivity contribution in [2.45, 2.75) is 0 Å². The van der Waals surface area contributed by atoms with Gasteiger partial charge in [0.15, 0.2) is 4.32 Å². The number of carbonyl (C=O) groups excluding carboxylic acids is 1. The summed E-state index contributed by atoms with van der Waals surface area (Å²) in [7, 11) is 0. The van der Waals surface area contributed by atoms with E-state index in [-0.39, 0.29) is 21.7 Å². The highest BCUT2D eigenvalue weighted by Crippen LogP contribution is 2.34. The first-order valence-electron chi connectivity index (χ1n) is 6.94. The average Bonchev–Trinajstić information content (AvgIpc) is 2.83. The zero-order valence-corrected chi connectivity index (χ0v) is 13.9. The normalized spacial score (nSPS) is 16.5. The number of nitrogens with zero attached hydrogens (tertiary/aromatic N) is 2. The summed E-state index contributed by atoms with van der Waals surface area (Å²) in [6, 6.07) is 13.4. The third-order valence-corrected chi connectivity index (χ3v) is 4.53. The molecule has 1 fully saturated rings. The smallest absolute Gasteiger partial charge is 0.286 e. The number of benzene rings is 2. The third-order valence-electron chi connectivity index (χ3n) is 3.25. The van der Waals surface area contributed by atoms with Crippen molar-refractivity contribution in [2.24, 2.45) is 5.10 Å². The zero-order chi connectivity index (χ0) is 17.1. The van der Waals surface area contributed by atoms with Crippen molar-refractivity contribution in [3.8, 4) is 11.5 Å². The molecule has 2 aromatic rings. The summed E-state index contributed by atoms with van der Waals surface area (Å²) in [4.78, 5) is 12.8. The van der Waals surface area contributed by atoms with Gasteiger partial charge in [0.25, 0.3) is 5.91 Å². The fourth-order valence-corrected chi connectivity index (χ4v) is 3.19. The van der Waals surface area contributed by atoms with Crippen LogP contribution < -0.4 is 0 Å². The number of phenolic OH excluding ortho intramolecular Hbond substituents is 2. The Morgan fingerprint density at radius 1 is 1.00 bits per heavy atom. The number of aromatic hydroxyl groups is 2. The van der Waals surface area contributed by atoms with E-state index in [1.807, 2.05) is 0 Å². The van der Waals surface area contributed by atoms with Gasteiger partial charge in [0.1, 0.15) is 11.5 Å². The molecule has 1 saturated heterocycles. The van der Waals surface area contributed by atoms with Crippen LogP contribution in [-0.2, 0) is 4.79 Å². The first-order valence-corrected chi connectivity index (χ1v) is 8.16. The summed E-state index contributed by atoms with van der Waals surface area (Å²) in [6.45, 7) is 0. The summed E-state index contributed by atoms with van der Waals surface area (Å²) in [5.41, 5.74) is 1.01. The molecule has 1 aliphatic heterocycles. The molecule has 5 nitrogen and oxygen atoms in total. The van der Waals surface area contributed by atoms with E-state index in [0.717, 1.165) is 16.8 Å². The van der Waals surface area contributed by atoms with E-state index in [1.54, 1.807) is 48.5 Å². The molecule has 1 heterocycles. The Hall–Kier alpha value is -2.64. The van der Waals surface area contributed by atoms with Crippen LogP contribution in [0.2, 0.25) is 0 Å². The Bertz CT molecular complexity index is 878. The standard InChI is InChI=1S/C17H12N2O3S2/c20-13-7-3-1-5-11(13)9-15-16(22)19(17(23)24-15)18-10-12-6-2-4-8-14(12)21/h1-10,20-21H/b15-9+,18-10-. The largest absolute Gasteiger partial charge is 0.507 e. The first-order chi connectivity index (χ1) is 11.6. The van der Waals surface area contributed by atoms with Gasteiger partial charge in [-0.1, -0.05) is 42.1 Å². The Balaban J connectivity index is 1.85. The van der Waals surface area contributed by atoms with E-state index < -0.39 is 0 Å². The average molecular weight is 356 g/mol. The predicted molar refractivity (Wildman–Crippen MR) is 98.8 cm³/mol. The lowest BCUT2D eigenvalue weighted by molar-refractivity contribution is -0.122. The van der Waals surface area contributed by atoms with E-state index in [9.17, 15) is 15.0 Å². The number of rotatable bonds is 3. The minimum absolute atomic E-state index is 0.0661. The van der Waals surface area contributed by atoms with E-state index in [1.165, 1.54) is 12.3 Å². The van der Waals surface area contributed by atoms with Crippen LogP contribution in [0.1, 0.15) is 11.1 Å². The topological polar surface area (TPSA) is 73.1 Å². The number of thioether (sulfide) groups is 1. The molecule has 2 aromatic carbocycles. The Kier molecular flexibility index (Phi) is 4.64. The number of para-hydroxylation sites is 2. The summed E-state index contributed by atoms with van der Waals surface area (Å²) in [5, 5.41) is 24.7. The molecule has 3 rings (SSSR count). The monoisotopic (exact) mass is 356 g/mol. The van der Waals surface area contributed by atoms with Crippen molar-refractivity contribution in [1.29, 1.82) is 0 Å². The van der Waals surface area contributed by atoms with Gasteiger partial charge in [-0.25, -0.2) is 0 Å². The number of amides is 1. The Morgan fingerprint density at radius 3 is 2.21 bits per heavy atom. The third kappa shape index (κ3) is 3.32. The van der Waals surface area contributed by atoms with Crippen molar-refractivity contribution in [3.05, 3.63) is 64.6 Å². The second-order valence-electron chi connectivity index (χ2n) is 4.86. The predicted octanol–water partition coefficient (Wildman–Crippen LogP) is 3.33. The van der Waals surface area contributed by atoms with Crippen molar-refractivity contribution < 1.29 is 15.0 Å². The molecule has 0 aliphatic carbocycles. The van der Waals surface area contributed by atoms with Crippen LogP contribution in [0, 0.1) is 0 Å². The van der Waals surface area contributed by atoms with Crippen LogP contribution in [0.15, 0.2) is 58.5 Å². The lowest BCUT2D eigenvalue weighted by Gasteiger charge is -2.06. The number of hydrogen-bond donors (Lipinski definition) is 2. The van der Waals surface area contributed by atoms with Crippen LogP contribution >= 0.6 is 24.0 Å². The molecule has 0 atom stereocenters. The molecule has 120 valence electrons. The zero-order valence-electron chi connectivity index (χ0n) is 12.3. The molecule has 7 heteroatoms. The number of carbonyl (C=O) groups is 1. The van der Waals surface area contributed by atoms with Gasteiger partial charge in [0, 0.05) is 11.1 Å². The molecule has 1 amide bonds. The maximum absolute atomic E-state index is 12.4. The number of hydrazone groups is 1. The van der Waals surface area contributed by atoms with Crippen molar-refractivity contribution >= 4 is 46.5 Å². The SMILES string of the molecule is O=C1/C(=C\c2ccccc2O)SC(=S)N1/N=C\c1ccccc1O. The Morgan fingerprint density at radius 2 is 1.58 bits per heavy atom. The van der Waals surface area contributed by atoms with Crippen LogP contribution in [-0.4, -0.2) is 31.7 Å². The van der Waals surface area contributed by atoms with Gasteiger partial charge in [-0.2, -0.15) is 10.1 Å². The second kappa shape index (κ2) is 6.86. The quantitative estimate of drug-likeness (QED) is 0.501.